The van der Waals surface area contributed by atoms with Crippen LogP contribution in [0.1, 0.15) is 60.0 Å². The first kappa shape index (κ1) is 20.4. The molecule has 2 rings (SSSR count). The number of hydrogen-bond acceptors (Lipinski definition) is 4. The van der Waals surface area contributed by atoms with Crippen LogP contribution in [0.2, 0.25) is 0 Å². The zero-order valence-electron chi connectivity index (χ0n) is 16.8. The third kappa shape index (κ3) is 5.29. The lowest BCUT2D eigenvalue weighted by atomic mass is 9.79. The molecule has 1 heterocycles. The predicted molar refractivity (Wildman–Crippen MR) is 108 cm³/mol. The average Bonchev–Trinajstić information content (AvgIpc) is 3.08. The minimum absolute atomic E-state index is 0.00727. The molecule has 0 aliphatic heterocycles. The lowest BCUT2D eigenvalue weighted by Crippen LogP contribution is -2.20. The summed E-state index contributed by atoms with van der Waals surface area (Å²) < 4.78 is 0. The number of carbonyl (C=O) groups is 2. The van der Waals surface area contributed by atoms with Crippen molar-refractivity contribution < 1.29 is 9.59 Å². The van der Waals surface area contributed by atoms with Gasteiger partial charge in [-0.25, -0.2) is 0 Å². The van der Waals surface area contributed by atoms with E-state index in [0.29, 0.717) is 16.8 Å². The van der Waals surface area contributed by atoms with Crippen LogP contribution in [0.15, 0.2) is 42.7 Å². The number of aromatic amines is 1. The van der Waals surface area contributed by atoms with Crippen molar-refractivity contribution in [1.29, 1.82) is 0 Å². The van der Waals surface area contributed by atoms with Crippen LogP contribution in [0.5, 0.6) is 0 Å². The van der Waals surface area contributed by atoms with Gasteiger partial charge in [-0.1, -0.05) is 39.8 Å². The summed E-state index contributed by atoms with van der Waals surface area (Å²) in [7, 11) is 3.70. The first-order chi connectivity index (χ1) is 12.6. The fourth-order valence-electron chi connectivity index (χ4n) is 2.50. The maximum Gasteiger partial charge on any atom is 0.259 e. The highest BCUT2D eigenvalue weighted by molar-refractivity contribution is 6.07. The normalized spacial score (nSPS) is 12.8. The number of nitrogens with zero attached hydrogens (tertiary/aromatic N) is 2. The molecule has 6 nitrogen and oxygen atoms in total. The van der Waals surface area contributed by atoms with Crippen molar-refractivity contribution in [1.82, 2.24) is 15.1 Å². The van der Waals surface area contributed by atoms with Gasteiger partial charge in [0.15, 0.2) is 5.78 Å². The molecule has 6 heteroatoms. The highest BCUT2D eigenvalue weighted by Crippen LogP contribution is 2.35. The number of rotatable bonds is 6. The number of amides is 1. The van der Waals surface area contributed by atoms with Crippen molar-refractivity contribution in [2.45, 2.75) is 33.6 Å². The Balaban J connectivity index is 2.19. The number of benzene rings is 1. The number of carbonyl (C=O) groups excluding carboxylic acids is 2. The van der Waals surface area contributed by atoms with Gasteiger partial charge in [0.1, 0.15) is 0 Å². The van der Waals surface area contributed by atoms with Crippen LogP contribution in [-0.4, -0.2) is 40.9 Å². The van der Waals surface area contributed by atoms with Gasteiger partial charge in [0.2, 0.25) is 0 Å². The highest BCUT2D eigenvalue weighted by atomic mass is 16.1. The Kier molecular flexibility index (Phi) is 6.20. The molecular weight excluding hydrogens is 340 g/mol. The third-order valence-corrected chi connectivity index (χ3v) is 4.57. The number of hydrogen-bond donors (Lipinski definition) is 2. The third-order valence-electron chi connectivity index (χ3n) is 4.57. The van der Waals surface area contributed by atoms with Gasteiger partial charge in [-0.05, 0) is 17.5 Å². The van der Waals surface area contributed by atoms with Crippen LogP contribution < -0.4 is 5.32 Å². The molecule has 0 aliphatic carbocycles. The summed E-state index contributed by atoms with van der Waals surface area (Å²) in [5, 5.41) is 9.87. The monoisotopic (exact) mass is 368 g/mol. The van der Waals surface area contributed by atoms with Crippen molar-refractivity contribution in [3.63, 3.8) is 0 Å². The molecule has 1 unspecified atom stereocenters. The maximum absolute atomic E-state index is 12.7. The van der Waals surface area contributed by atoms with Gasteiger partial charge < -0.3 is 10.2 Å². The van der Waals surface area contributed by atoms with E-state index in [4.69, 9.17) is 0 Å². The van der Waals surface area contributed by atoms with Crippen LogP contribution in [-0.2, 0) is 0 Å². The SMILES string of the molecule is CC(c1[nH]ncc1C(=O)Nc1cccc(C(=O)C=CN(C)C)c1)C(C)(C)C. The summed E-state index contributed by atoms with van der Waals surface area (Å²) in [6.45, 7) is 8.43. The molecule has 0 spiro atoms. The number of anilines is 1. The van der Waals surface area contributed by atoms with Crippen LogP contribution >= 0.6 is 0 Å². The van der Waals surface area contributed by atoms with Gasteiger partial charge >= 0.3 is 0 Å². The zero-order valence-corrected chi connectivity index (χ0v) is 16.8. The molecular formula is C21H28N4O2. The summed E-state index contributed by atoms with van der Waals surface area (Å²) in [5.74, 6) is -0.238. The Morgan fingerprint density at radius 1 is 1.26 bits per heavy atom. The molecule has 1 atom stereocenters. The van der Waals surface area contributed by atoms with Crippen molar-refractivity contribution in [3.05, 3.63) is 59.6 Å². The van der Waals surface area contributed by atoms with Gasteiger partial charge in [-0.3, -0.25) is 14.7 Å². The van der Waals surface area contributed by atoms with Crippen molar-refractivity contribution in [2.75, 3.05) is 19.4 Å². The van der Waals surface area contributed by atoms with Crippen LogP contribution in [0.4, 0.5) is 5.69 Å². The number of H-pyrrole nitrogens is 1. The van der Waals surface area contributed by atoms with E-state index in [-0.39, 0.29) is 23.0 Å². The van der Waals surface area contributed by atoms with Crippen LogP contribution in [0.25, 0.3) is 0 Å². The molecule has 2 aromatic rings. The second kappa shape index (κ2) is 8.20. The number of ketones is 1. The lowest BCUT2D eigenvalue weighted by molar-refractivity contribution is 0.102. The quantitative estimate of drug-likeness (QED) is 0.595. The molecule has 1 amide bonds. The van der Waals surface area contributed by atoms with Gasteiger partial charge in [-0.2, -0.15) is 5.10 Å². The number of nitrogens with one attached hydrogen (secondary N) is 2. The van der Waals surface area contributed by atoms with Gasteiger partial charge in [-0.15, -0.1) is 0 Å². The Bertz CT molecular complexity index is 844. The van der Waals surface area contributed by atoms with E-state index >= 15 is 0 Å². The molecule has 144 valence electrons. The molecule has 0 fully saturated rings. The fraction of sp³-hybridized carbons (Fsp3) is 0.381. The Hall–Kier alpha value is -2.89. The number of allylic oxidation sites excluding steroid dienone is 1. The van der Waals surface area contributed by atoms with Crippen LogP contribution in [0.3, 0.4) is 0 Å². The minimum Gasteiger partial charge on any atom is -0.383 e. The Labute approximate surface area is 160 Å². The van der Waals surface area contributed by atoms with E-state index in [1.807, 2.05) is 14.1 Å². The lowest BCUT2D eigenvalue weighted by Gasteiger charge is -2.26. The summed E-state index contributed by atoms with van der Waals surface area (Å²) in [4.78, 5) is 26.8. The summed E-state index contributed by atoms with van der Waals surface area (Å²) >= 11 is 0. The topological polar surface area (TPSA) is 78.1 Å². The van der Waals surface area contributed by atoms with Crippen molar-refractivity contribution in [2.24, 2.45) is 5.41 Å². The Morgan fingerprint density at radius 2 is 1.96 bits per heavy atom. The zero-order chi connectivity index (χ0) is 20.2. The molecule has 0 bridgehead atoms. The smallest absolute Gasteiger partial charge is 0.259 e. The molecule has 27 heavy (non-hydrogen) atoms. The number of aromatic nitrogens is 2. The fourth-order valence-corrected chi connectivity index (χ4v) is 2.50. The standard InChI is InChI=1S/C21H28N4O2/c1-14(21(2,3)4)19-17(13-22-24-19)20(27)23-16-9-7-8-15(12-16)18(26)10-11-25(5)6/h7-14H,1-6H3,(H,22,24)(H,23,27). The van der Waals surface area contributed by atoms with Crippen LogP contribution in [0, 0.1) is 5.41 Å². The highest BCUT2D eigenvalue weighted by Gasteiger charge is 2.27. The molecule has 0 saturated carbocycles. The average molecular weight is 368 g/mol. The van der Waals surface area contributed by atoms with Gasteiger partial charge in [0.25, 0.3) is 5.91 Å². The van der Waals surface area contributed by atoms with E-state index in [0.717, 1.165) is 5.69 Å². The largest absolute Gasteiger partial charge is 0.383 e. The second-order valence-electron chi connectivity index (χ2n) is 7.96. The van der Waals surface area contributed by atoms with Crippen molar-refractivity contribution in [3.8, 4) is 0 Å². The first-order valence-corrected chi connectivity index (χ1v) is 8.93. The van der Waals surface area contributed by atoms with Crippen molar-refractivity contribution >= 4 is 17.4 Å². The van der Waals surface area contributed by atoms with E-state index in [2.05, 4.69) is 43.2 Å². The molecule has 1 aromatic carbocycles. The maximum atomic E-state index is 12.7. The Morgan fingerprint density at radius 3 is 2.59 bits per heavy atom. The summed E-state index contributed by atoms with van der Waals surface area (Å²) in [6, 6.07) is 6.91. The van der Waals surface area contributed by atoms with E-state index in [1.165, 1.54) is 6.08 Å². The van der Waals surface area contributed by atoms with Gasteiger partial charge in [0, 0.05) is 43.5 Å². The van der Waals surface area contributed by atoms with Gasteiger partial charge in [0.05, 0.1) is 17.5 Å². The van der Waals surface area contributed by atoms with E-state index in [1.54, 1.807) is 41.6 Å². The second-order valence-corrected chi connectivity index (χ2v) is 7.96. The summed E-state index contributed by atoms with van der Waals surface area (Å²) in [6.07, 6.45) is 4.74. The molecule has 0 radical (unpaired) electrons. The molecule has 0 saturated heterocycles. The van der Waals surface area contributed by atoms with E-state index < -0.39 is 0 Å². The van der Waals surface area contributed by atoms with E-state index in [9.17, 15) is 9.59 Å². The molecule has 0 aliphatic rings. The first-order valence-electron chi connectivity index (χ1n) is 8.93. The predicted octanol–water partition coefficient (Wildman–Crippen LogP) is 4.07. The molecule has 1 aromatic heterocycles. The molecule has 2 N–H and O–H groups in total. The minimum atomic E-state index is -0.247. The summed E-state index contributed by atoms with van der Waals surface area (Å²) in [5.41, 5.74) is 2.40.